The highest BCUT2D eigenvalue weighted by atomic mass is 79.9. The van der Waals surface area contributed by atoms with Gasteiger partial charge in [0, 0.05) is 20.4 Å². The Bertz CT molecular complexity index is 983. The molecule has 0 fully saturated rings. The maximum absolute atomic E-state index is 13.2. The SMILES string of the molecule is NCCCCc1c(-c2cc(C(F)(F)F)ccc2Cl)[nH]c2c(Cl)cc(Br)cc12. The minimum absolute atomic E-state index is 0.241. The first-order valence-electron chi connectivity index (χ1n) is 8.29. The molecule has 0 aliphatic heterocycles. The molecule has 0 aliphatic rings. The van der Waals surface area contributed by atoms with Crippen molar-refractivity contribution in [2.45, 2.75) is 25.4 Å². The summed E-state index contributed by atoms with van der Waals surface area (Å²) in [5.41, 5.74) is 7.25. The first kappa shape index (κ1) is 20.5. The Balaban J connectivity index is 2.24. The van der Waals surface area contributed by atoms with Gasteiger partial charge in [-0.05, 0) is 61.7 Å². The monoisotopic (exact) mass is 478 g/mol. The highest BCUT2D eigenvalue weighted by molar-refractivity contribution is 9.10. The van der Waals surface area contributed by atoms with E-state index in [4.69, 9.17) is 28.9 Å². The highest BCUT2D eigenvalue weighted by Gasteiger charge is 2.31. The van der Waals surface area contributed by atoms with Gasteiger partial charge >= 0.3 is 6.18 Å². The topological polar surface area (TPSA) is 41.8 Å². The van der Waals surface area contributed by atoms with Gasteiger partial charge in [0.15, 0.2) is 0 Å². The molecule has 144 valence electrons. The summed E-state index contributed by atoms with van der Waals surface area (Å²) in [5, 5.41) is 1.58. The van der Waals surface area contributed by atoms with Crippen LogP contribution in [0.25, 0.3) is 22.2 Å². The number of hydrogen-bond donors (Lipinski definition) is 2. The largest absolute Gasteiger partial charge is 0.416 e. The van der Waals surface area contributed by atoms with Crippen LogP contribution in [-0.4, -0.2) is 11.5 Å². The zero-order valence-corrected chi connectivity index (χ0v) is 17.2. The third-order valence-electron chi connectivity index (χ3n) is 4.38. The number of halogens is 6. The molecular formula is C19H16BrCl2F3N2. The number of aryl methyl sites for hydroxylation is 1. The standard InChI is InChI=1S/C19H16BrCl2F3N2/c20-11-8-13-12(3-1-2-6-26)17(27-18(13)16(22)9-11)14-7-10(19(23,24)25)4-5-15(14)21/h4-5,7-9,27H,1-3,6,26H2. The van der Waals surface area contributed by atoms with Crippen LogP contribution in [0.5, 0.6) is 0 Å². The lowest BCUT2D eigenvalue weighted by Crippen LogP contribution is -2.05. The number of H-pyrrole nitrogens is 1. The smallest absolute Gasteiger partial charge is 0.353 e. The van der Waals surface area contributed by atoms with Gasteiger partial charge < -0.3 is 10.7 Å². The maximum Gasteiger partial charge on any atom is 0.416 e. The number of benzene rings is 2. The molecule has 0 bridgehead atoms. The van der Waals surface area contributed by atoms with Crippen molar-refractivity contribution in [2.75, 3.05) is 6.54 Å². The molecule has 0 spiro atoms. The lowest BCUT2D eigenvalue weighted by Gasteiger charge is -2.11. The van der Waals surface area contributed by atoms with Crippen molar-refractivity contribution in [3.63, 3.8) is 0 Å². The van der Waals surface area contributed by atoms with Crippen molar-refractivity contribution in [3.05, 3.63) is 56.0 Å². The minimum atomic E-state index is -4.45. The Kier molecular flexibility index (Phi) is 6.11. The van der Waals surface area contributed by atoms with Crippen molar-refractivity contribution < 1.29 is 13.2 Å². The van der Waals surface area contributed by atoms with E-state index >= 15 is 0 Å². The van der Waals surface area contributed by atoms with E-state index in [1.54, 1.807) is 6.07 Å². The Morgan fingerprint density at radius 3 is 2.44 bits per heavy atom. The van der Waals surface area contributed by atoms with E-state index in [0.717, 1.165) is 40.4 Å². The van der Waals surface area contributed by atoms with Gasteiger partial charge in [-0.25, -0.2) is 0 Å². The molecule has 27 heavy (non-hydrogen) atoms. The second kappa shape index (κ2) is 8.03. The Labute approximate surface area is 173 Å². The van der Waals surface area contributed by atoms with Gasteiger partial charge in [-0.15, -0.1) is 0 Å². The normalized spacial score (nSPS) is 12.1. The van der Waals surface area contributed by atoms with Gasteiger partial charge in [-0.3, -0.25) is 0 Å². The Morgan fingerprint density at radius 1 is 1.04 bits per heavy atom. The van der Waals surface area contributed by atoms with Gasteiger partial charge in [0.05, 0.1) is 21.8 Å². The molecule has 0 aliphatic carbocycles. The van der Waals surface area contributed by atoms with Gasteiger partial charge in [0.25, 0.3) is 0 Å². The molecule has 0 amide bonds. The molecule has 0 saturated carbocycles. The van der Waals surface area contributed by atoms with Gasteiger partial charge in [-0.1, -0.05) is 39.1 Å². The van der Waals surface area contributed by atoms with Crippen LogP contribution in [0.4, 0.5) is 13.2 Å². The molecule has 2 aromatic carbocycles. The second-order valence-electron chi connectivity index (χ2n) is 6.23. The number of alkyl halides is 3. The molecule has 1 aromatic heterocycles. The maximum atomic E-state index is 13.2. The molecule has 0 atom stereocenters. The molecule has 1 heterocycles. The molecule has 2 nitrogen and oxygen atoms in total. The predicted molar refractivity (Wildman–Crippen MR) is 108 cm³/mol. The van der Waals surface area contributed by atoms with E-state index in [-0.39, 0.29) is 5.02 Å². The summed E-state index contributed by atoms with van der Waals surface area (Å²) >= 11 is 16.0. The van der Waals surface area contributed by atoms with Crippen molar-refractivity contribution in [2.24, 2.45) is 5.73 Å². The summed E-state index contributed by atoms with van der Waals surface area (Å²) in [6, 6.07) is 6.96. The third-order valence-corrected chi connectivity index (χ3v) is 5.46. The average Bonchev–Trinajstić information content (AvgIpc) is 2.93. The van der Waals surface area contributed by atoms with Crippen LogP contribution in [0.3, 0.4) is 0 Å². The first-order valence-corrected chi connectivity index (χ1v) is 9.84. The second-order valence-corrected chi connectivity index (χ2v) is 7.96. The molecular weight excluding hydrogens is 464 g/mol. The van der Waals surface area contributed by atoms with Crippen LogP contribution in [0.2, 0.25) is 10.0 Å². The highest BCUT2D eigenvalue weighted by Crippen LogP contribution is 2.41. The quantitative estimate of drug-likeness (QED) is 0.373. The summed E-state index contributed by atoms with van der Waals surface area (Å²) < 4.78 is 40.4. The summed E-state index contributed by atoms with van der Waals surface area (Å²) in [5.74, 6) is 0. The van der Waals surface area contributed by atoms with Gasteiger partial charge in [-0.2, -0.15) is 13.2 Å². The zero-order valence-electron chi connectivity index (χ0n) is 14.1. The number of nitrogens with one attached hydrogen (secondary N) is 1. The van der Waals surface area contributed by atoms with Crippen LogP contribution in [0, 0.1) is 0 Å². The number of fused-ring (bicyclic) bond motifs is 1. The molecule has 0 unspecified atom stereocenters. The molecule has 0 radical (unpaired) electrons. The lowest BCUT2D eigenvalue weighted by atomic mass is 9.99. The number of aromatic nitrogens is 1. The van der Waals surface area contributed by atoms with Gasteiger partial charge in [0.1, 0.15) is 0 Å². The van der Waals surface area contributed by atoms with Crippen molar-refractivity contribution >= 4 is 50.0 Å². The lowest BCUT2D eigenvalue weighted by molar-refractivity contribution is -0.137. The summed E-state index contributed by atoms with van der Waals surface area (Å²) in [4.78, 5) is 3.19. The van der Waals surface area contributed by atoms with Crippen molar-refractivity contribution in [1.29, 1.82) is 0 Å². The predicted octanol–water partition coefficient (Wildman–Crippen LogP) is 7.20. The number of unbranched alkanes of at least 4 members (excludes halogenated alkanes) is 1. The number of rotatable bonds is 5. The van der Waals surface area contributed by atoms with E-state index in [1.165, 1.54) is 6.07 Å². The van der Waals surface area contributed by atoms with E-state index in [2.05, 4.69) is 20.9 Å². The molecule has 3 aromatic rings. The number of aromatic amines is 1. The Morgan fingerprint density at radius 2 is 1.78 bits per heavy atom. The van der Waals surface area contributed by atoms with Crippen LogP contribution in [0.15, 0.2) is 34.8 Å². The van der Waals surface area contributed by atoms with Crippen LogP contribution in [0.1, 0.15) is 24.0 Å². The van der Waals surface area contributed by atoms with Gasteiger partial charge in [0.2, 0.25) is 0 Å². The van der Waals surface area contributed by atoms with E-state index in [9.17, 15) is 13.2 Å². The first-order chi connectivity index (χ1) is 12.7. The average molecular weight is 480 g/mol. The molecule has 0 saturated heterocycles. The third kappa shape index (κ3) is 4.29. The van der Waals surface area contributed by atoms with E-state index in [1.807, 2.05) is 6.07 Å². The summed E-state index contributed by atoms with van der Waals surface area (Å²) in [7, 11) is 0. The molecule has 8 heteroatoms. The fourth-order valence-corrected chi connectivity index (χ4v) is 4.17. The fraction of sp³-hybridized carbons (Fsp3) is 0.263. The number of nitrogens with two attached hydrogens (primary N) is 1. The Hall–Kier alpha value is -1.21. The molecule has 3 N–H and O–H groups in total. The summed E-state index contributed by atoms with van der Waals surface area (Å²) in [6.07, 6.45) is -2.20. The zero-order chi connectivity index (χ0) is 19.8. The van der Waals surface area contributed by atoms with E-state index < -0.39 is 11.7 Å². The van der Waals surface area contributed by atoms with Crippen molar-refractivity contribution in [3.8, 4) is 11.3 Å². The van der Waals surface area contributed by atoms with Crippen molar-refractivity contribution in [1.82, 2.24) is 4.98 Å². The van der Waals surface area contributed by atoms with Crippen LogP contribution >= 0.6 is 39.1 Å². The van der Waals surface area contributed by atoms with Crippen LogP contribution in [-0.2, 0) is 12.6 Å². The molecule has 3 rings (SSSR count). The fourth-order valence-electron chi connectivity index (χ4n) is 3.10. The summed E-state index contributed by atoms with van der Waals surface area (Å²) in [6.45, 7) is 0.548. The van der Waals surface area contributed by atoms with E-state index in [0.29, 0.717) is 34.8 Å². The minimum Gasteiger partial charge on any atom is -0.353 e. The van der Waals surface area contributed by atoms with Crippen LogP contribution < -0.4 is 5.73 Å². The number of hydrogen-bond acceptors (Lipinski definition) is 1.